The molecule has 1 aromatic carbocycles. The van der Waals surface area contributed by atoms with E-state index in [9.17, 15) is 9.18 Å². The number of aryl methyl sites for hydroxylation is 1. The zero-order valence-corrected chi connectivity index (χ0v) is 12.1. The Kier molecular flexibility index (Phi) is 3.59. The Morgan fingerprint density at radius 2 is 2.24 bits per heavy atom. The lowest BCUT2D eigenvalue weighted by atomic mass is 10.1. The summed E-state index contributed by atoms with van der Waals surface area (Å²) < 4.78 is 18.7. The number of rotatable bonds is 1. The molecule has 1 aliphatic heterocycles. The third-order valence-electron chi connectivity index (χ3n) is 3.73. The maximum Gasteiger partial charge on any atom is 0.255 e. The van der Waals surface area contributed by atoms with Gasteiger partial charge in [-0.05, 0) is 32.0 Å². The van der Waals surface area contributed by atoms with Crippen LogP contribution >= 0.6 is 0 Å². The molecule has 0 saturated carbocycles. The topological polar surface area (TPSA) is 42.4 Å². The highest BCUT2D eigenvalue weighted by atomic mass is 19.1. The fourth-order valence-corrected chi connectivity index (χ4v) is 2.63. The van der Waals surface area contributed by atoms with Gasteiger partial charge >= 0.3 is 0 Å². The first kappa shape index (κ1) is 13.9. The summed E-state index contributed by atoms with van der Waals surface area (Å²) in [5.74, 6) is -0.364. The van der Waals surface area contributed by atoms with Gasteiger partial charge < -0.3 is 9.64 Å². The molecule has 0 bridgehead atoms. The van der Waals surface area contributed by atoms with Crippen molar-refractivity contribution in [2.75, 3.05) is 19.7 Å². The molecule has 1 saturated heterocycles. The van der Waals surface area contributed by atoms with Gasteiger partial charge in [0, 0.05) is 24.5 Å². The molecule has 1 atom stereocenters. The van der Waals surface area contributed by atoms with Gasteiger partial charge in [0.1, 0.15) is 5.82 Å². The number of aromatic nitrogens is 1. The van der Waals surface area contributed by atoms with Crippen LogP contribution in [0.2, 0.25) is 0 Å². The van der Waals surface area contributed by atoms with Crippen molar-refractivity contribution in [2.24, 2.45) is 0 Å². The van der Waals surface area contributed by atoms with Gasteiger partial charge in [0.15, 0.2) is 0 Å². The molecule has 1 amide bonds. The van der Waals surface area contributed by atoms with E-state index in [0.717, 1.165) is 5.39 Å². The van der Waals surface area contributed by atoms with E-state index in [-0.39, 0.29) is 17.8 Å². The number of morpholine rings is 1. The molecule has 1 fully saturated rings. The average Bonchev–Trinajstić information content (AvgIpc) is 2.45. The maximum atomic E-state index is 13.2. The van der Waals surface area contributed by atoms with Gasteiger partial charge in [0.25, 0.3) is 5.91 Å². The summed E-state index contributed by atoms with van der Waals surface area (Å²) in [7, 11) is 0. The molecule has 1 aliphatic rings. The Bertz CT molecular complexity index is 702. The smallest absolute Gasteiger partial charge is 0.255 e. The lowest BCUT2D eigenvalue weighted by Gasteiger charge is -2.31. The summed E-state index contributed by atoms with van der Waals surface area (Å²) in [4.78, 5) is 18.8. The van der Waals surface area contributed by atoms with Gasteiger partial charge in [0.05, 0.1) is 29.5 Å². The minimum Gasteiger partial charge on any atom is -0.375 e. The maximum absolute atomic E-state index is 13.2. The van der Waals surface area contributed by atoms with Crippen molar-refractivity contribution in [3.63, 3.8) is 0 Å². The summed E-state index contributed by atoms with van der Waals surface area (Å²) in [6, 6.07) is 6.20. The third-order valence-corrected chi connectivity index (χ3v) is 3.73. The van der Waals surface area contributed by atoms with Crippen molar-refractivity contribution in [2.45, 2.75) is 20.0 Å². The van der Waals surface area contributed by atoms with Gasteiger partial charge in [-0.2, -0.15) is 0 Å². The summed E-state index contributed by atoms with van der Waals surface area (Å²) in [5, 5.41) is 0.770. The molecular formula is C16H17FN2O2. The standard InChI is InChI=1S/C16H17FN2O2/c1-10-9-19(5-6-21-10)16(20)14-7-12-3-4-13(17)8-15(12)18-11(14)2/h3-4,7-8,10H,5-6,9H2,1-2H3/t10-/m0/s1. The quantitative estimate of drug-likeness (QED) is 0.810. The molecule has 5 heteroatoms. The van der Waals surface area contributed by atoms with Crippen molar-refractivity contribution in [1.29, 1.82) is 0 Å². The summed E-state index contributed by atoms with van der Waals surface area (Å²) in [6.45, 7) is 5.46. The van der Waals surface area contributed by atoms with Crippen molar-refractivity contribution in [3.8, 4) is 0 Å². The number of ether oxygens (including phenoxy) is 1. The molecule has 21 heavy (non-hydrogen) atoms. The average molecular weight is 288 g/mol. The zero-order chi connectivity index (χ0) is 15.0. The highest BCUT2D eigenvalue weighted by Gasteiger charge is 2.24. The Morgan fingerprint density at radius 3 is 3.00 bits per heavy atom. The van der Waals surface area contributed by atoms with Gasteiger partial charge in [-0.25, -0.2) is 4.39 Å². The molecule has 0 spiro atoms. The number of hydrogen-bond donors (Lipinski definition) is 0. The van der Waals surface area contributed by atoms with Crippen LogP contribution < -0.4 is 0 Å². The Labute approximate surface area is 122 Å². The fourth-order valence-electron chi connectivity index (χ4n) is 2.63. The van der Waals surface area contributed by atoms with Crippen molar-refractivity contribution >= 4 is 16.8 Å². The molecule has 0 radical (unpaired) electrons. The third kappa shape index (κ3) is 2.74. The lowest BCUT2D eigenvalue weighted by molar-refractivity contribution is -0.0124. The second kappa shape index (κ2) is 5.41. The van der Waals surface area contributed by atoms with Crippen molar-refractivity contribution < 1.29 is 13.9 Å². The van der Waals surface area contributed by atoms with E-state index in [2.05, 4.69) is 4.98 Å². The number of carbonyl (C=O) groups excluding carboxylic acids is 1. The van der Waals surface area contributed by atoms with Crippen LogP contribution in [0, 0.1) is 12.7 Å². The predicted molar refractivity (Wildman–Crippen MR) is 77.8 cm³/mol. The molecule has 2 aromatic rings. The van der Waals surface area contributed by atoms with Gasteiger partial charge in [-0.3, -0.25) is 9.78 Å². The molecule has 0 N–H and O–H groups in total. The van der Waals surface area contributed by atoms with E-state index in [0.29, 0.717) is 36.5 Å². The lowest BCUT2D eigenvalue weighted by Crippen LogP contribution is -2.44. The van der Waals surface area contributed by atoms with Crippen LogP contribution in [-0.2, 0) is 4.74 Å². The Hall–Kier alpha value is -2.01. The second-order valence-corrected chi connectivity index (χ2v) is 5.39. The number of amides is 1. The first-order valence-corrected chi connectivity index (χ1v) is 7.02. The van der Waals surface area contributed by atoms with Crippen LogP contribution in [0.3, 0.4) is 0 Å². The van der Waals surface area contributed by atoms with Crippen LogP contribution in [0.4, 0.5) is 4.39 Å². The van der Waals surface area contributed by atoms with E-state index in [1.807, 2.05) is 6.92 Å². The first-order valence-electron chi connectivity index (χ1n) is 7.02. The number of carbonyl (C=O) groups is 1. The monoisotopic (exact) mass is 288 g/mol. The normalized spacial score (nSPS) is 19.0. The van der Waals surface area contributed by atoms with Crippen LogP contribution in [-0.4, -0.2) is 41.6 Å². The summed E-state index contributed by atoms with van der Waals surface area (Å²) in [5.41, 5.74) is 1.76. The molecule has 0 aliphatic carbocycles. The number of halogens is 1. The first-order chi connectivity index (χ1) is 10.0. The van der Waals surface area contributed by atoms with E-state index in [4.69, 9.17) is 4.74 Å². The molecule has 3 rings (SSSR count). The number of fused-ring (bicyclic) bond motifs is 1. The number of benzene rings is 1. The number of nitrogens with zero attached hydrogens (tertiary/aromatic N) is 2. The number of pyridine rings is 1. The fraction of sp³-hybridized carbons (Fsp3) is 0.375. The minimum absolute atomic E-state index is 0.0404. The molecule has 4 nitrogen and oxygen atoms in total. The summed E-state index contributed by atoms with van der Waals surface area (Å²) in [6.07, 6.45) is 0.0468. The Morgan fingerprint density at radius 1 is 1.43 bits per heavy atom. The second-order valence-electron chi connectivity index (χ2n) is 5.39. The predicted octanol–water partition coefficient (Wildman–Crippen LogP) is 2.54. The van der Waals surface area contributed by atoms with E-state index in [1.165, 1.54) is 12.1 Å². The molecular weight excluding hydrogens is 271 g/mol. The minimum atomic E-state index is -0.324. The van der Waals surface area contributed by atoms with Gasteiger partial charge in [-0.15, -0.1) is 0 Å². The van der Waals surface area contributed by atoms with Gasteiger partial charge in [-0.1, -0.05) is 0 Å². The van der Waals surface area contributed by atoms with Crippen molar-refractivity contribution in [1.82, 2.24) is 9.88 Å². The van der Waals surface area contributed by atoms with Crippen LogP contribution in [0.5, 0.6) is 0 Å². The van der Waals surface area contributed by atoms with E-state index in [1.54, 1.807) is 24.0 Å². The molecule has 2 heterocycles. The highest BCUT2D eigenvalue weighted by molar-refractivity contribution is 5.98. The molecule has 110 valence electrons. The van der Waals surface area contributed by atoms with E-state index < -0.39 is 0 Å². The van der Waals surface area contributed by atoms with Crippen LogP contribution in [0.25, 0.3) is 10.9 Å². The highest BCUT2D eigenvalue weighted by Crippen LogP contribution is 2.20. The van der Waals surface area contributed by atoms with Crippen LogP contribution in [0.1, 0.15) is 23.0 Å². The number of hydrogen-bond acceptors (Lipinski definition) is 3. The van der Waals surface area contributed by atoms with E-state index >= 15 is 0 Å². The van der Waals surface area contributed by atoms with Crippen LogP contribution in [0.15, 0.2) is 24.3 Å². The SMILES string of the molecule is Cc1nc2cc(F)ccc2cc1C(=O)N1CCO[C@@H](C)C1. The summed E-state index contributed by atoms with van der Waals surface area (Å²) >= 11 is 0. The Balaban J connectivity index is 1.97. The zero-order valence-electron chi connectivity index (χ0n) is 12.1. The molecule has 0 unspecified atom stereocenters. The largest absolute Gasteiger partial charge is 0.375 e. The van der Waals surface area contributed by atoms with Gasteiger partial charge in [0.2, 0.25) is 0 Å². The molecule has 1 aromatic heterocycles. The van der Waals surface area contributed by atoms with Crippen molar-refractivity contribution in [3.05, 3.63) is 41.3 Å².